The summed E-state index contributed by atoms with van der Waals surface area (Å²) in [6.07, 6.45) is 6.37. The normalized spacial score (nSPS) is 17.7. The molecule has 1 aliphatic heterocycles. The lowest BCUT2D eigenvalue weighted by Gasteiger charge is -2.25. The van der Waals surface area contributed by atoms with E-state index in [4.69, 9.17) is 16.3 Å². The van der Waals surface area contributed by atoms with E-state index in [9.17, 15) is 14.7 Å². The number of ketones is 1. The second-order valence-electron chi connectivity index (χ2n) is 6.91. The molecule has 156 valence electrons. The topological polar surface area (TPSA) is 92.6 Å². The number of aromatic nitrogens is 2. The highest BCUT2D eigenvalue weighted by Crippen LogP contribution is 2.41. The fraction of sp³-hybridized carbons (Fsp3) is 0.130. The summed E-state index contributed by atoms with van der Waals surface area (Å²) in [6, 6.07) is 10.8. The third kappa shape index (κ3) is 3.87. The lowest BCUT2D eigenvalue weighted by molar-refractivity contribution is -0.140. The molecule has 4 rings (SSSR count). The Labute approximate surface area is 183 Å². The molecule has 31 heavy (non-hydrogen) atoms. The quantitative estimate of drug-likeness (QED) is 0.372. The molecule has 0 saturated carbocycles. The van der Waals surface area contributed by atoms with E-state index in [0.717, 1.165) is 5.56 Å². The number of amides is 1. The first-order chi connectivity index (χ1) is 15.0. The number of methoxy groups -OCH3 is 1. The van der Waals surface area contributed by atoms with Crippen LogP contribution in [0, 0.1) is 0 Å². The van der Waals surface area contributed by atoms with Gasteiger partial charge in [0, 0.05) is 36.4 Å². The monoisotopic (exact) mass is 435 g/mol. The maximum atomic E-state index is 13.1. The second kappa shape index (κ2) is 8.57. The van der Waals surface area contributed by atoms with Crippen molar-refractivity contribution in [2.24, 2.45) is 0 Å². The van der Waals surface area contributed by atoms with Crippen LogP contribution in [0.25, 0.3) is 5.76 Å². The molecule has 1 amide bonds. The Kier molecular flexibility index (Phi) is 5.68. The van der Waals surface area contributed by atoms with Crippen LogP contribution < -0.4 is 4.74 Å². The third-order valence-corrected chi connectivity index (χ3v) is 5.32. The number of benzene rings is 1. The van der Waals surface area contributed by atoms with Crippen molar-refractivity contribution in [3.05, 3.63) is 94.5 Å². The smallest absolute Gasteiger partial charge is 0.295 e. The van der Waals surface area contributed by atoms with Crippen molar-refractivity contribution in [1.82, 2.24) is 14.9 Å². The molecule has 8 heteroatoms. The van der Waals surface area contributed by atoms with Gasteiger partial charge in [-0.3, -0.25) is 19.6 Å². The molecule has 0 aliphatic carbocycles. The van der Waals surface area contributed by atoms with Gasteiger partial charge < -0.3 is 14.7 Å². The molecule has 3 aromatic rings. The minimum absolute atomic E-state index is 0.0363. The number of carbonyl (C=O) groups excluding carboxylic acids is 2. The molecular formula is C23H18ClN3O4. The van der Waals surface area contributed by atoms with Gasteiger partial charge in [-0.05, 0) is 53.6 Å². The van der Waals surface area contributed by atoms with E-state index in [2.05, 4.69) is 9.97 Å². The van der Waals surface area contributed by atoms with Crippen LogP contribution in [0.3, 0.4) is 0 Å². The first-order valence-electron chi connectivity index (χ1n) is 9.42. The average Bonchev–Trinajstić information content (AvgIpc) is 3.04. The van der Waals surface area contributed by atoms with E-state index >= 15 is 0 Å². The molecule has 1 fully saturated rings. The first-order valence-corrected chi connectivity index (χ1v) is 9.80. The van der Waals surface area contributed by atoms with Crippen molar-refractivity contribution < 1.29 is 19.4 Å². The zero-order valence-electron chi connectivity index (χ0n) is 16.5. The number of ether oxygens (including phenoxy) is 1. The molecule has 1 atom stereocenters. The van der Waals surface area contributed by atoms with E-state index in [1.807, 2.05) is 0 Å². The molecular weight excluding hydrogens is 418 g/mol. The zero-order chi connectivity index (χ0) is 22.0. The highest BCUT2D eigenvalue weighted by Gasteiger charge is 2.46. The number of likely N-dealkylation sites (tertiary alicyclic amines) is 1. The number of pyridine rings is 2. The molecule has 0 radical (unpaired) electrons. The van der Waals surface area contributed by atoms with Crippen molar-refractivity contribution in [3.8, 4) is 5.75 Å². The Morgan fingerprint density at radius 2 is 1.71 bits per heavy atom. The number of nitrogens with zero attached hydrogens (tertiary/aromatic N) is 3. The Balaban J connectivity index is 1.90. The fourth-order valence-electron chi connectivity index (χ4n) is 3.63. The van der Waals surface area contributed by atoms with Gasteiger partial charge in [-0.25, -0.2) is 0 Å². The van der Waals surface area contributed by atoms with Gasteiger partial charge in [0.05, 0.1) is 24.3 Å². The van der Waals surface area contributed by atoms with Gasteiger partial charge in [-0.2, -0.15) is 0 Å². The number of aliphatic hydroxyl groups is 1. The largest absolute Gasteiger partial charge is 0.507 e. The standard InChI is InChI=1S/C23H18ClN3O4/c1-31-18-3-2-16(24)12-17(18)21(28)19-20(15-6-10-26-11-7-15)27(23(30)22(19)29)13-14-4-8-25-9-5-14/h2-12,20,28H,13H2,1H3/b21-19+. The number of carbonyl (C=O) groups is 2. The van der Waals surface area contributed by atoms with Crippen LogP contribution in [0.15, 0.2) is 72.8 Å². The zero-order valence-corrected chi connectivity index (χ0v) is 17.3. The number of hydrogen-bond donors (Lipinski definition) is 1. The maximum absolute atomic E-state index is 13.1. The molecule has 0 bridgehead atoms. The van der Waals surface area contributed by atoms with Crippen LogP contribution >= 0.6 is 11.6 Å². The summed E-state index contributed by atoms with van der Waals surface area (Å²) >= 11 is 6.11. The molecule has 3 heterocycles. The number of hydrogen-bond acceptors (Lipinski definition) is 6. The van der Waals surface area contributed by atoms with Crippen molar-refractivity contribution >= 4 is 29.1 Å². The van der Waals surface area contributed by atoms with E-state index in [-0.39, 0.29) is 23.4 Å². The first kappa shape index (κ1) is 20.6. The number of Topliss-reactive ketones (excluding diaryl/α,β-unsaturated/α-hetero) is 1. The van der Waals surface area contributed by atoms with Crippen molar-refractivity contribution in [2.75, 3.05) is 7.11 Å². The molecule has 2 aromatic heterocycles. The molecule has 7 nitrogen and oxygen atoms in total. The van der Waals surface area contributed by atoms with Crippen LogP contribution in [0.1, 0.15) is 22.7 Å². The molecule has 1 aromatic carbocycles. The lowest BCUT2D eigenvalue weighted by atomic mass is 9.95. The minimum atomic E-state index is -0.806. The summed E-state index contributed by atoms with van der Waals surface area (Å²) < 4.78 is 5.33. The Morgan fingerprint density at radius 1 is 1.06 bits per heavy atom. The average molecular weight is 436 g/mol. The maximum Gasteiger partial charge on any atom is 0.295 e. The highest BCUT2D eigenvalue weighted by atomic mass is 35.5. The van der Waals surface area contributed by atoms with Crippen molar-refractivity contribution in [3.63, 3.8) is 0 Å². The number of aliphatic hydroxyl groups excluding tert-OH is 1. The van der Waals surface area contributed by atoms with Gasteiger partial charge >= 0.3 is 0 Å². The number of halogens is 1. The molecule has 1 unspecified atom stereocenters. The SMILES string of the molecule is COc1ccc(Cl)cc1/C(O)=C1\C(=O)C(=O)N(Cc2ccncc2)C1c1ccncc1. The van der Waals surface area contributed by atoms with E-state index in [1.54, 1.807) is 61.2 Å². The van der Waals surface area contributed by atoms with Crippen LogP contribution in [-0.4, -0.2) is 38.8 Å². The Morgan fingerprint density at radius 3 is 2.35 bits per heavy atom. The van der Waals surface area contributed by atoms with Gasteiger partial charge in [0.2, 0.25) is 0 Å². The van der Waals surface area contributed by atoms with Gasteiger partial charge in [0.15, 0.2) is 0 Å². The van der Waals surface area contributed by atoms with Gasteiger partial charge in [0.25, 0.3) is 11.7 Å². The summed E-state index contributed by atoms with van der Waals surface area (Å²) in [5, 5.41) is 11.5. The Bertz CT molecular complexity index is 1170. The van der Waals surface area contributed by atoms with E-state index in [1.165, 1.54) is 18.1 Å². The fourth-order valence-corrected chi connectivity index (χ4v) is 3.80. The lowest BCUT2D eigenvalue weighted by Crippen LogP contribution is -2.29. The Hall–Kier alpha value is -3.71. The minimum Gasteiger partial charge on any atom is -0.507 e. The number of rotatable bonds is 5. The predicted molar refractivity (Wildman–Crippen MR) is 114 cm³/mol. The summed E-state index contributed by atoms with van der Waals surface area (Å²) in [5.41, 5.74) is 1.64. The van der Waals surface area contributed by atoms with Crippen LogP contribution in [-0.2, 0) is 16.1 Å². The molecule has 1 N–H and O–H groups in total. The summed E-state index contributed by atoms with van der Waals surface area (Å²) in [6.45, 7) is 0.170. The molecule has 1 saturated heterocycles. The van der Waals surface area contributed by atoms with Crippen molar-refractivity contribution in [1.29, 1.82) is 0 Å². The summed E-state index contributed by atoms with van der Waals surface area (Å²) in [5.74, 6) is -1.51. The second-order valence-corrected chi connectivity index (χ2v) is 7.34. The van der Waals surface area contributed by atoms with E-state index in [0.29, 0.717) is 16.3 Å². The van der Waals surface area contributed by atoms with Gasteiger partial charge in [-0.15, -0.1) is 0 Å². The molecule has 1 aliphatic rings. The van der Waals surface area contributed by atoms with Crippen LogP contribution in [0.5, 0.6) is 5.75 Å². The highest BCUT2D eigenvalue weighted by molar-refractivity contribution is 6.46. The van der Waals surface area contributed by atoms with Crippen LogP contribution in [0.2, 0.25) is 5.02 Å². The van der Waals surface area contributed by atoms with Gasteiger partial charge in [0.1, 0.15) is 11.5 Å². The summed E-state index contributed by atoms with van der Waals surface area (Å²) in [4.78, 5) is 35.5. The van der Waals surface area contributed by atoms with Crippen LogP contribution in [0.4, 0.5) is 0 Å². The predicted octanol–water partition coefficient (Wildman–Crippen LogP) is 3.76. The summed E-state index contributed by atoms with van der Waals surface area (Å²) in [7, 11) is 1.45. The van der Waals surface area contributed by atoms with Crippen molar-refractivity contribution in [2.45, 2.75) is 12.6 Å². The van der Waals surface area contributed by atoms with E-state index < -0.39 is 17.7 Å². The molecule has 0 spiro atoms. The van der Waals surface area contributed by atoms with Gasteiger partial charge in [-0.1, -0.05) is 11.6 Å². The third-order valence-electron chi connectivity index (χ3n) is 5.08.